The summed E-state index contributed by atoms with van der Waals surface area (Å²) in [5.41, 5.74) is 0.0324. The van der Waals surface area contributed by atoms with E-state index in [4.69, 9.17) is 9.47 Å². The Balaban J connectivity index is 2.01. The molecule has 0 aliphatic carbocycles. The van der Waals surface area contributed by atoms with Gasteiger partial charge in [0.1, 0.15) is 17.2 Å². The number of nitrogens with one attached hydrogen (secondary N) is 1. The number of amides is 1. The molecule has 2 aromatic carbocycles. The molecule has 0 radical (unpaired) electrons. The standard InChI is InChI=1S/C26H35NO6S3/c1-25(2,3)32-23(28)22(27-24(29)33-26(4,5)6)16-34-35-21-14-10-13-20(15-21)18-36(30,31)17-19-11-8-7-9-12-19/h7-15,22H,16-18H2,1-6H3,(H,27,29). The summed E-state index contributed by atoms with van der Waals surface area (Å²) in [5.74, 6) is -0.410. The second-order valence-corrected chi connectivity index (χ2v) is 14.7. The Morgan fingerprint density at radius 1 is 0.861 bits per heavy atom. The number of alkyl carbamates (subject to hydrolysis) is 1. The van der Waals surface area contributed by atoms with Crippen LogP contribution in [0.3, 0.4) is 0 Å². The van der Waals surface area contributed by atoms with Gasteiger partial charge in [0.25, 0.3) is 0 Å². The molecular weight excluding hydrogens is 518 g/mol. The monoisotopic (exact) mass is 553 g/mol. The topological polar surface area (TPSA) is 98.8 Å². The highest BCUT2D eigenvalue weighted by Crippen LogP contribution is 2.32. The number of carbonyl (C=O) groups excluding carboxylic acids is 2. The van der Waals surface area contributed by atoms with Crippen LogP contribution in [-0.4, -0.2) is 43.5 Å². The van der Waals surface area contributed by atoms with Gasteiger partial charge in [0, 0.05) is 10.6 Å². The highest BCUT2D eigenvalue weighted by atomic mass is 33.1. The smallest absolute Gasteiger partial charge is 0.408 e. The van der Waals surface area contributed by atoms with Crippen LogP contribution in [0.25, 0.3) is 0 Å². The zero-order valence-corrected chi connectivity index (χ0v) is 24.0. The van der Waals surface area contributed by atoms with E-state index in [0.717, 1.165) is 10.5 Å². The van der Waals surface area contributed by atoms with Crippen molar-refractivity contribution >= 4 is 43.5 Å². The average molecular weight is 554 g/mol. The minimum Gasteiger partial charge on any atom is -0.458 e. The summed E-state index contributed by atoms with van der Waals surface area (Å²) in [5, 5.41) is 2.60. The molecule has 198 valence electrons. The zero-order valence-electron chi connectivity index (χ0n) is 21.6. The van der Waals surface area contributed by atoms with Crippen LogP contribution >= 0.6 is 21.6 Å². The molecule has 1 unspecified atom stereocenters. The Morgan fingerprint density at radius 2 is 1.44 bits per heavy atom. The first-order valence-electron chi connectivity index (χ1n) is 11.5. The largest absolute Gasteiger partial charge is 0.458 e. The van der Waals surface area contributed by atoms with Crippen LogP contribution in [-0.2, 0) is 35.6 Å². The Kier molecular flexibility index (Phi) is 10.7. The molecule has 36 heavy (non-hydrogen) atoms. The second kappa shape index (κ2) is 12.9. The molecule has 0 aliphatic rings. The molecular formula is C26H35NO6S3. The van der Waals surface area contributed by atoms with Crippen LogP contribution in [0, 0.1) is 0 Å². The molecule has 1 amide bonds. The van der Waals surface area contributed by atoms with Gasteiger partial charge in [0.05, 0.1) is 11.5 Å². The second-order valence-electron chi connectivity index (χ2n) is 10.3. The lowest BCUT2D eigenvalue weighted by Gasteiger charge is -2.26. The first-order chi connectivity index (χ1) is 16.6. The van der Waals surface area contributed by atoms with Gasteiger partial charge < -0.3 is 14.8 Å². The fourth-order valence-corrected chi connectivity index (χ4v) is 6.70. The van der Waals surface area contributed by atoms with Crippen molar-refractivity contribution in [2.24, 2.45) is 0 Å². The van der Waals surface area contributed by atoms with Crippen molar-refractivity contribution in [2.75, 3.05) is 5.75 Å². The van der Waals surface area contributed by atoms with E-state index in [0.29, 0.717) is 5.56 Å². The summed E-state index contributed by atoms with van der Waals surface area (Å²) >= 11 is 0. The molecule has 0 spiro atoms. The van der Waals surface area contributed by atoms with Crippen molar-refractivity contribution in [3.8, 4) is 0 Å². The van der Waals surface area contributed by atoms with E-state index in [1.54, 1.807) is 65.8 Å². The van der Waals surface area contributed by atoms with E-state index in [1.165, 1.54) is 21.6 Å². The van der Waals surface area contributed by atoms with E-state index in [9.17, 15) is 18.0 Å². The van der Waals surface area contributed by atoms with Crippen molar-refractivity contribution in [1.82, 2.24) is 5.32 Å². The summed E-state index contributed by atoms with van der Waals surface area (Å²) in [6, 6.07) is 15.5. The maximum Gasteiger partial charge on any atom is 0.408 e. The summed E-state index contributed by atoms with van der Waals surface area (Å²) in [6.07, 6.45) is -0.699. The molecule has 0 aromatic heterocycles. The molecule has 0 fully saturated rings. The van der Waals surface area contributed by atoms with Gasteiger partial charge in [-0.25, -0.2) is 18.0 Å². The van der Waals surface area contributed by atoms with Gasteiger partial charge >= 0.3 is 12.1 Å². The maximum atomic E-state index is 12.7. The Morgan fingerprint density at radius 3 is 2.06 bits per heavy atom. The van der Waals surface area contributed by atoms with Gasteiger partial charge in [-0.05, 0) is 64.8 Å². The van der Waals surface area contributed by atoms with Gasteiger partial charge in [0.15, 0.2) is 9.84 Å². The van der Waals surface area contributed by atoms with Gasteiger partial charge in [-0.15, -0.1) is 0 Å². The summed E-state index contributed by atoms with van der Waals surface area (Å²) in [7, 11) is -0.590. The van der Waals surface area contributed by atoms with Crippen LogP contribution in [0.1, 0.15) is 52.7 Å². The number of hydrogen-bond donors (Lipinski definition) is 1. The van der Waals surface area contributed by atoms with E-state index in [2.05, 4.69) is 5.32 Å². The number of sulfone groups is 1. The van der Waals surface area contributed by atoms with Crippen molar-refractivity contribution < 1.29 is 27.5 Å². The molecule has 0 saturated carbocycles. The Labute approximate surface area is 222 Å². The number of rotatable bonds is 10. The van der Waals surface area contributed by atoms with Crippen LogP contribution in [0.15, 0.2) is 59.5 Å². The van der Waals surface area contributed by atoms with Gasteiger partial charge in [-0.1, -0.05) is 64.1 Å². The normalized spacial score (nSPS) is 13.1. The number of benzene rings is 2. The minimum atomic E-state index is -3.33. The molecule has 0 saturated heterocycles. The van der Waals surface area contributed by atoms with Gasteiger partial charge in [-0.2, -0.15) is 0 Å². The van der Waals surface area contributed by atoms with Crippen molar-refractivity contribution in [1.29, 1.82) is 0 Å². The SMILES string of the molecule is CC(C)(C)OC(=O)NC(CSSc1cccc(CS(=O)(=O)Cc2ccccc2)c1)C(=O)OC(C)(C)C. The lowest BCUT2D eigenvalue weighted by molar-refractivity contribution is -0.156. The fourth-order valence-electron chi connectivity index (χ4n) is 2.98. The van der Waals surface area contributed by atoms with Crippen molar-refractivity contribution in [2.45, 2.75) is 75.2 Å². The van der Waals surface area contributed by atoms with E-state index < -0.39 is 39.1 Å². The van der Waals surface area contributed by atoms with E-state index >= 15 is 0 Å². The highest BCUT2D eigenvalue weighted by molar-refractivity contribution is 8.76. The Hall–Kier alpha value is -2.17. The molecule has 2 aromatic rings. The zero-order chi connectivity index (χ0) is 27.0. The van der Waals surface area contributed by atoms with Crippen LogP contribution in [0.2, 0.25) is 0 Å². The lowest BCUT2D eigenvalue weighted by atomic mass is 10.2. The molecule has 1 atom stereocenters. The first-order valence-corrected chi connectivity index (χ1v) is 15.6. The van der Waals surface area contributed by atoms with Crippen LogP contribution in [0.4, 0.5) is 4.79 Å². The third-order valence-corrected chi connectivity index (χ3v) is 8.21. The molecule has 7 nitrogen and oxygen atoms in total. The summed E-state index contributed by atoms with van der Waals surface area (Å²) in [4.78, 5) is 25.8. The lowest BCUT2D eigenvalue weighted by Crippen LogP contribution is -2.47. The maximum absolute atomic E-state index is 12.7. The minimum absolute atomic E-state index is 0.0200. The highest BCUT2D eigenvalue weighted by Gasteiger charge is 2.29. The summed E-state index contributed by atoms with van der Waals surface area (Å²) < 4.78 is 36.1. The van der Waals surface area contributed by atoms with Crippen molar-refractivity contribution in [3.05, 3.63) is 65.7 Å². The van der Waals surface area contributed by atoms with E-state index in [-0.39, 0.29) is 17.3 Å². The van der Waals surface area contributed by atoms with Crippen LogP contribution in [0.5, 0.6) is 0 Å². The number of ether oxygens (including phenoxy) is 2. The predicted molar refractivity (Wildman–Crippen MR) is 147 cm³/mol. The van der Waals surface area contributed by atoms with Crippen molar-refractivity contribution in [3.63, 3.8) is 0 Å². The molecule has 2 rings (SSSR count). The molecule has 0 aliphatic heterocycles. The van der Waals surface area contributed by atoms with Gasteiger partial charge in [0.2, 0.25) is 0 Å². The summed E-state index contributed by atoms with van der Waals surface area (Å²) in [6.45, 7) is 10.5. The molecule has 0 heterocycles. The third kappa shape index (κ3) is 12.2. The van der Waals surface area contributed by atoms with E-state index in [1.807, 2.05) is 30.3 Å². The number of carbonyl (C=O) groups is 2. The number of esters is 1. The number of hydrogen-bond acceptors (Lipinski definition) is 8. The molecule has 1 N–H and O–H groups in total. The third-order valence-electron chi connectivity index (χ3n) is 4.29. The molecule has 10 heteroatoms. The Bertz CT molecular complexity index is 1120. The quantitative estimate of drug-likeness (QED) is 0.292. The average Bonchev–Trinajstić information content (AvgIpc) is 2.70. The first kappa shape index (κ1) is 30.1. The predicted octanol–water partition coefficient (Wildman–Crippen LogP) is 5.78. The van der Waals surface area contributed by atoms with Crippen LogP contribution < -0.4 is 5.32 Å². The fraction of sp³-hybridized carbons (Fsp3) is 0.462. The molecule has 0 bridgehead atoms. The van der Waals surface area contributed by atoms with Gasteiger partial charge in [-0.3, -0.25) is 0 Å².